The molecule has 0 bridgehead atoms. The summed E-state index contributed by atoms with van der Waals surface area (Å²) in [6.45, 7) is 3.00. The van der Waals surface area contributed by atoms with Crippen molar-refractivity contribution in [3.8, 4) is 0 Å². The molecule has 1 atom stereocenters. The summed E-state index contributed by atoms with van der Waals surface area (Å²) in [4.78, 5) is 33.3. The lowest BCUT2D eigenvalue weighted by atomic mass is 10.2. The summed E-state index contributed by atoms with van der Waals surface area (Å²) in [5.41, 5.74) is 0.664. The molecule has 0 saturated carbocycles. The van der Waals surface area contributed by atoms with Crippen LogP contribution in [0.3, 0.4) is 0 Å². The fourth-order valence-corrected chi connectivity index (χ4v) is 2.27. The third-order valence-electron chi connectivity index (χ3n) is 2.35. The van der Waals surface area contributed by atoms with E-state index in [2.05, 4.69) is 15.8 Å². The molecular formula is C12H17N3O5S. The molecule has 116 valence electrons. The summed E-state index contributed by atoms with van der Waals surface area (Å²) < 4.78 is 4.84. The van der Waals surface area contributed by atoms with E-state index >= 15 is 0 Å². The fraction of sp³-hybridized carbons (Fsp3) is 0.500. The van der Waals surface area contributed by atoms with Gasteiger partial charge in [0.2, 0.25) is 17.7 Å². The van der Waals surface area contributed by atoms with E-state index in [9.17, 15) is 14.4 Å². The van der Waals surface area contributed by atoms with Crippen molar-refractivity contribution in [3.05, 3.63) is 11.8 Å². The molecule has 1 rings (SSSR count). The Morgan fingerprint density at radius 2 is 2.19 bits per heavy atom. The van der Waals surface area contributed by atoms with Gasteiger partial charge >= 0.3 is 5.97 Å². The van der Waals surface area contributed by atoms with E-state index < -0.39 is 17.9 Å². The second kappa shape index (κ2) is 8.30. The van der Waals surface area contributed by atoms with Crippen LogP contribution in [0.4, 0.5) is 5.88 Å². The fourth-order valence-electron chi connectivity index (χ4n) is 1.46. The summed E-state index contributed by atoms with van der Waals surface area (Å²) in [6, 6.07) is 0.662. The molecule has 1 unspecified atom stereocenters. The molecule has 0 radical (unpaired) electrons. The number of carboxylic acids is 1. The number of thioether (sulfide) groups is 1. The van der Waals surface area contributed by atoms with Gasteiger partial charge in [0.15, 0.2) is 0 Å². The Hall–Kier alpha value is -2.03. The van der Waals surface area contributed by atoms with Gasteiger partial charge in [-0.3, -0.25) is 14.9 Å². The number of carbonyl (C=O) groups is 3. The van der Waals surface area contributed by atoms with Crippen LogP contribution in [0.25, 0.3) is 0 Å². The maximum atomic E-state index is 11.6. The standard InChI is InChI=1S/C12H17N3O5S/c1-7-5-11(20-15-7)14-10(17)6-21-4-3-9(12(18)19)13-8(2)16/h5,9H,3-4,6H2,1-2H3,(H,13,16)(H,14,17)(H,18,19). The summed E-state index contributed by atoms with van der Waals surface area (Å²) in [5.74, 6) is -0.882. The van der Waals surface area contributed by atoms with E-state index in [1.54, 1.807) is 13.0 Å². The largest absolute Gasteiger partial charge is 0.480 e. The number of anilines is 1. The molecule has 1 aromatic heterocycles. The van der Waals surface area contributed by atoms with Crippen LogP contribution in [0.5, 0.6) is 0 Å². The molecule has 9 heteroatoms. The normalized spacial score (nSPS) is 11.7. The molecule has 1 aromatic rings. The van der Waals surface area contributed by atoms with Crippen molar-refractivity contribution in [1.82, 2.24) is 10.5 Å². The predicted octanol–water partition coefficient (Wildman–Crippen LogP) is 0.634. The van der Waals surface area contributed by atoms with E-state index in [0.717, 1.165) is 0 Å². The molecule has 21 heavy (non-hydrogen) atoms. The molecule has 2 amide bonds. The summed E-state index contributed by atoms with van der Waals surface area (Å²) in [7, 11) is 0. The van der Waals surface area contributed by atoms with Gasteiger partial charge in [-0.25, -0.2) is 4.79 Å². The Morgan fingerprint density at radius 1 is 1.48 bits per heavy atom. The molecule has 0 aliphatic heterocycles. The average Bonchev–Trinajstić information content (AvgIpc) is 2.77. The number of nitrogens with zero attached hydrogens (tertiary/aromatic N) is 1. The number of carboxylic acid groups (broad SMARTS) is 1. The van der Waals surface area contributed by atoms with Crippen molar-refractivity contribution in [3.63, 3.8) is 0 Å². The number of carbonyl (C=O) groups excluding carboxylic acids is 2. The van der Waals surface area contributed by atoms with Gasteiger partial charge in [0.1, 0.15) is 6.04 Å². The summed E-state index contributed by atoms with van der Waals surface area (Å²) >= 11 is 1.27. The highest BCUT2D eigenvalue weighted by atomic mass is 32.2. The molecule has 8 nitrogen and oxygen atoms in total. The molecule has 0 fully saturated rings. The zero-order valence-corrected chi connectivity index (χ0v) is 12.5. The first-order chi connectivity index (χ1) is 9.88. The monoisotopic (exact) mass is 315 g/mol. The summed E-state index contributed by atoms with van der Waals surface area (Å²) in [6.07, 6.45) is 0.244. The highest BCUT2D eigenvalue weighted by Gasteiger charge is 2.18. The zero-order chi connectivity index (χ0) is 15.8. The van der Waals surface area contributed by atoms with E-state index in [1.807, 2.05) is 0 Å². The van der Waals surface area contributed by atoms with Crippen LogP contribution in [0.2, 0.25) is 0 Å². The third kappa shape index (κ3) is 6.80. The van der Waals surface area contributed by atoms with Crippen molar-refractivity contribution < 1.29 is 24.0 Å². The number of rotatable bonds is 8. The van der Waals surface area contributed by atoms with Gasteiger partial charge in [-0.05, 0) is 19.1 Å². The minimum Gasteiger partial charge on any atom is -0.480 e. The van der Waals surface area contributed by atoms with E-state index in [0.29, 0.717) is 11.4 Å². The summed E-state index contributed by atoms with van der Waals surface area (Å²) in [5, 5.41) is 17.4. The van der Waals surface area contributed by atoms with E-state index in [1.165, 1.54) is 18.7 Å². The first kappa shape index (κ1) is 17.0. The second-order valence-corrected chi connectivity index (χ2v) is 5.42. The van der Waals surface area contributed by atoms with Crippen LogP contribution in [-0.4, -0.2) is 45.6 Å². The van der Waals surface area contributed by atoms with Gasteiger partial charge in [0, 0.05) is 13.0 Å². The Labute approximate surface area is 125 Å². The van der Waals surface area contributed by atoms with Crippen molar-refractivity contribution in [2.75, 3.05) is 16.8 Å². The van der Waals surface area contributed by atoms with Gasteiger partial charge in [0.05, 0.1) is 11.4 Å². The smallest absolute Gasteiger partial charge is 0.326 e. The molecule has 0 saturated heterocycles. The van der Waals surface area contributed by atoms with Gasteiger partial charge in [-0.2, -0.15) is 11.8 Å². The zero-order valence-electron chi connectivity index (χ0n) is 11.7. The number of hydrogen-bond acceptors (Lipinski definition) is 6. The van der Waals surface area contributed by atoms with Gasteiger partial charge in [0.25, 0.3) is 0 Å². The number of aliphatic carboxylic acids is 1. The third-order valence-corrected chi connectivity index (χ3v) is 3.34. The first-order valence-electron chi connectivity index (χ1n) is 6.19. The molecule has 3 N–H and O–H groups in total. The first-order valence-corrected chi connectivity index (χ1v) is 7.34. The second-order valence-electron chi connectivity index (χ2n) is 4.31. The van der Waals surface area contributed by atoms with Crippen molar-refractivity contribution in [2.24, 2.45) is 0 Å². The van der Waals surface area contributed by atoms with E-state index in [-0.39, 0.29) is 24.0 Å². The van der Waals surface area contributed by atoms with Crippen LogP contribution in [-0.2, 0) is 14.4 Å². The van der Waals surface area contributed by atoms with Gasteiger partial charge in [-0.1, -0.05) is 5.16 Å². The van der Waals surface area contributed by atoms with Crippen molar-refractivity contribution in [2.45, 2.75) is 26.3 Å². The van der Waals surface area contributed by atoms with Crippen molar-refractivity contribution in [1.29, 1.82) is 0 Å². The number of nitrogens with one attached hydrogen (secondary N) is 2. The Morgan fingerprint density at radius 3 is 2.71 bits per heavy atom. The minimum absolute atomic E-state index is 0.159. The Bertz CT molecular complexity index is 517. The maximum Gasteiger partial charge on any atom is 0.326 e. The molecular weight excluding hydrogens is 298 g/mol. The molecule has 0 aliphatic carbocycles. The van der Waals surface area contributed by atoms with Crippen LogP contribution in [0.15, 0.2) is 10.6 Å². The van der Waals surface area contributed by atoms with Gasteiger partial charge in [-0.15, -0.1) is 0 Å². The number of hydrogen-bond donors (Lipinski definition) is 3. The number of amides is 2. The Balaban J connectivity index is 2.24. The lowest BCUT2D eigenvalue weighted by Gasteiger charge is -2.12. The van der Waals surface area contributed by atoms with Crippen LogP contribution in [0, 0.1) is 6.92 Å². The SMILES string of the molecule is CC(=O)NC(CCSCC(=O)Nc1cc(C)no1)C(=O)O. The van der Waals surface area contributed by atoms with E-state index in [4.69, 9.17) is 9.63 Å². The van der Waals surface area contributed by atoms with Crippen LogP contribution < -0.4 is 10.6 Å². The lowest BCUT2D eigenvalue weighted by Crippen LogP contribution is -2.40. The molecule has 0 spiro atoms. The highest BCUT2D eigenvalue weighted by molar-refractivity contribution is 7.99. The minimum atomic E-state index is -1.09. The van der Waals surface area contributed by atoms with Crippen molar-refractivity contribution >= 4 is 35.4 Å². The topological polar surface area (TPSA) is 122 Å². The number of aromatic nitrogens is 1. The van der Waals surface area contributed by atoms with Crippen LogP contribution in [0.1, 0.15) is 19.0 Å². The quantitative estimate of drug-likeness (QED) is 0.602. The van der Waals surface area contributed by atoms with Gasteiger partial charge < -0.3 is 14.9 Å². The predicted molar refractivity (Wildman–Crippen MR) is 77.1 cm³/mol. The molecule has 0 aliphatic rings. The average molecular weight is 315 g/mol. The number of aryl methyl sites for hydroxylation is 1. The molecule has 0 aromatic carbocycles. The van der Waals surface area contributed by atoms with Crippen LogP contribution >= 0.6 is 11.8 Å². The lowest BCUT2D eigenvalue weighted by molar-refractivity contribution is -0.141. The maximum absolute atomic E-state index is 11.6. The molecule has 1 heterocycles. The Kier molecular flexibility index (Phi) is 6.73. The highest BCUT2D eigenvalue weighted by Crippen LogP contribution is 2.10.